The van der Waals surface area contributed by atoms with E-state index in [4.69, 9.17) is 10.5 Å². The third kappa shape index (κ3) is 5.14. The summed E-state index contributed by atoms with van der Waals surface area (Å²) < 4.78 is 18.5. The zero-order chi connectivity index (χ0) is 21.5. The molecule has 1 fully saturated rings. The minimum atomic E-state index is -0.591. The number of amides is 3. The molecule has 2 aromatic rings. The molecule has 0 radical (unpaired) electrons. The third-order valence-electron chi connectivity index (χ3n) is 4.56. The highest BCUT2D eigenvalue weighted by atomic mass is 19.1. The number of rotatable bonds is 6. The molecular weight excluding hydrogens is 389 g/mol. The van der Waals surface area contributed by atoms with E-state index < -0.39 is 11.8 Å². The number of carbonyl (C=O) groups is 3. The zero-order valence-corrected chi connectivity index (χ0v) is 16.1. The third-order valence-corrected chi connectivity index (χ3v) is 4.56. The predicted molar refractivity (Wildman–Crippen MR) is 108 cm³/mol. The Hall–Kier alpha value is -3.86. The van der Waals surface area contributed by atoms with Crippen molar-refractivity contribution in [3.63, 3.8) is 0 Å². The van der Waals surface area contributed by atoms with Crippen molar-refractivity contribution in [2.45, 2.75) is 6.42 Å². The Morgan fingerprint density at radius 2 is 1.90 bits per heavy atom. The van der Waals surface area contributed by atoms with Gasteiger partial charge in [-0.15, -0.1) is 0 Å². The molecule has 0 aromatic heterocycles. The van der Waals surface area contributed by atoms with E-state index in [-0.39, 0.29) is 49.3 Å². The predicted octanol–water partition coefficient (Wildman–Crippen LogP) is 1.48. The number of nitrogens with zero attached hydrogens (tertiary/aromatic N) is 1. The summed E-state index contributed by atoms with van der Waals surface area (Å²) in [5, 5.41) is 2.67. The van der Waals surface area contributed by atoms with Crippen molar-refractivity contribution >= 4 is 23.4 Å². The lowest BCUT2D eigenvalue weighted by molar-refractivity contribution is -0.126. The van der Waals surface area contributed by atoms with E-state index in [1.165, 1.54) is 29.2 Å². The molecule has 1 saturated heterocycles. The Labute approximate surface area is 173 Å². The Bertz CT molecular complexity index is 1010. The van der Waals surface area contributed by atoms with E-state index in [1.807, 2.05) is 0 Å². The van der Waals surface area contributed by atoms with Gasteiger partial charge in [-0.25, -0.2) is 4.39 Å². The van der Waals surface area contributed by atoms with Crippen LogP contribution in [0.3, 0.4) is 0 Å². The number of hydrogen-bond donors (Lipinski definition) is 2. The number of anilines is 1. The van der Waals surface area contributed by atoms with Gasteiger partial charge in [-0.2, -0.15) is 0 Å². The van der Waals surface area contributed by atoms with E-state index in [9.17, 15) is 18.8 Å². The second-order valence-corrected chi connectivity index (χ2v) is 6.60. The van der Waals surface area contributed by atoms with Gasteiger partial charge in [-0.3, -0.25) is 14.4 Å². The van der Waals surface area contributed by atoms with E-state index >= 15 is 0 Å². The number of ether oxygens (including phenoxy) is 1. The van der Waals surface area contributed by atoms with Gasteiger partial charge in [0, 0.05) is 18.7 Å². The molecule has 0 saturated carbocycles. The van der Waals surface area contributed by atoms with Crippen LogP contribution in [0.1, 0.15) is 16.8 Å². The van der Waals surface area contributed by atoms with E-state index in [0.29, 0.717) is 11.4 Å². The highest BCUT2D eigenvalue weighted by Gasteiger charge is 2.34. The normalized spacial score (nSPS) is 15.3. The van der Waals surface area contributed by atoms with Gasteiger partial charge in [0.1, 0.15) is 18.2 Å². The van der Waals surface area contributed by atoms with Crippen LogP contribution < -0.4 is 20.7 Å². The summed E-state index contributed by atoms with van der Waals surface area (Å²) in [6.07, 6.45) is 0.0870. The standard InChI is InChI=1S/C22H20FN3O4/c23-16-7-9-17(10-8-16)26-14-15(13-20(26)27)22(29)25-11-3-4-12-30-19-6-2-1-5-18(19)21(24)28/h1-2,5-10,15H,11-14H2,(H2,24,28)(H,25,29)/t15-/m1/s1. The molecule has 2 aromatic carbocycles. The van der Waals surface area contributed by atoms with Gasteiger partial charge in [0.2, 0.25) is 11.8 Å². The molecule has 0 spiro atoms. The Kier molecular flexibility index (Phi) is 6.65. The van der Waals surface area contributed by atoms with Crippen LogP contribution in [-0.4, -0.2) is 37.4 Å². The van der Waals surface area contributed by atoms with E-state index in [0.717, 1.165) is 0 Å². The zero-order valence-electron chi connectivity index (χ0n) is 16.1. The van der Waals surface area contributed by atoms with E-state index in [2.05, 4.69) is 17.2 Å². The minimum absolute atomic E-state index is 0.0282. The maximum Gasteiger partial charge on any atom is 0.252 e. The molecule has 8 heteroatoms. The molecule has 3 amide bonds. The largest absolute Gasteiger partial charge is 0.480 e. The molecule has 1 atom stereocenters. The lowest BCUT2D eigenvalue weighted by atomic mass is 10.1. The second kappa shape index (κ2) is 9.56. The van der Waals surface area contributed by atoms with Crippen LogP contribution in [0.5, 0.6) is 5.75 Å². The fraction of sp³-hybridized carbons (Fsp3) is 0.227. The summed E-state index contributed by atoms with van der Waals surface area (Å²) in [5.74, 6) is 3.90. The molecule has 1 heterocycles. The van der Waals surface area contributed by atoms with Gasteiger partial charge in [0.15, 0.2) is 0 Å². The molecule has 0 unspecified atom stereocenters. The minimum Gasteiger partial charge on any atom is -0.480 e. The van der Waals surface area contributed by atoms with Gasteiger partial charge in [0.25, 0.3) is 5.91 Å². The fourth-order valence-corrected chi connectivity index (χ4v) is 3.05. The monoisotopic (exact) mass is 409 g/mol. The van der Waals surface area contributed by atoms with Crippen molar-refractivity contribution in [2.24, 2.45) is 11.7 Å². The highest BCUT2D eigenvalue weighted by Crippen LogP contribution is 2.25. The van der Waals surface area contributed by atoms with Crippen molar-refractivity contribution < 1.29 is 23.5 Å². The van der Waals surface area contributed by atoms with Gasteiger partial charge in [-0.05, 0) is 36.4 Å². The molecule has 7 nitrogen and oxygen atoms in total. The first kappa shape index (κ1) is 20.9. The van der Waals surface area contributed by atoms with Gasteiger partial charge in [-0.1, -0.05) is 24.0 Å². The van der Waals surface area contributed by atoms with Crippen LogP contribution in [0.2, 0.25) is 0 Å². The first-order valence-electron chi connectivity index (χ1n) is 9.26. The molecule has 154 valence electrons. The maximum atomic E-state index is 13.0. The molecule has 0 aliphatic carbocycles. The fourth-order valence-electron chi connectivity index (χ4n) is 3.05. The molecule has 1 aliphatic heterocycles. The molecule has 1 aliphatic rings. The molecule has 0 bridgehead atoms. The Morgan fingerprint density at radius 1 is 1.17 bits per heavy atom. The number of para-hydroxylation sites is 1. The van der Waals surface area contributed by atoms with Crippen molar-refractivity contribution in [1.29, 1.82) is 0 Å². The maximum absolute atomic E-state index is 13.0. The number of nitrogens with one attached hydrogen (secondary N) is 1. The van der Waals surface area contributed by atoms with Crippen molar-refractivity contribution in [3.8, 4) is 17.6 Å². The van der Waals surface area contributed by atoms with Crippen LogP contribution >= 0.6 is 0 Å². The van der Waals surface area contributed by atoms with Gasteiger partial charge in [0.05, 0.1) is 18.0 Å². The first-order chi connectivity index (χ1) is 14.5. The average Bonchev–Trinajstić information content (AvgIpc) is 3.13. The smallest absolute Gasteiger partial charge is 0.252 e. The number of halogens is 1. The van der Waals surface area contributed by atoms with Crippen LogP contribution in [0, 0.1) is 23.6 Å². The van der Waals surface area contributed by atoms with Crippen LogP contribution in [0.4, 0.5) is 10.1 Å². The molecule has 3 N–H and O–H groups in total. The quantitative estimate of drug-likeness (QED) is 0.706. The van der Waals surface area contributed by atoms with Crippen LogP contribution in [0.15, 0.2) is 48.5 Å². The Balaban J connectivity index is 1.45. The highest BCUT2D eigenvalue weighted by molar-refractivity contribution is 6.00. The topological polar surface area (TPSA) is 102 Å². The lowest BCUT2D eigenvalue weighted by Gasteiger charge is -2.16. The lowest BCUT2D eigenvalue weighted by Crippen LogP contribution is -2.33. The van der Waals surface area contributed by atoms with Gasteiger partial charge >= 0.3 is 0 Å². The average molecular weight is 409 g/mol. The summed E-state index contributed by atoms with van der Waals surface area (Å²) in [4.78, 5) is 37.3. The summed E-state index contributed by atoms with van der Waals surface area (Å²) in [7, 11) is 0. The molecular formula is C22H20FN3O4. The Morgan fingerprint density at radius 3 is 2.63 bits per heavy atom. The molecule has 3 rings (SSSR count). The van der Waals surface area contributed by atoms with Crippen LogP contribution in [-0.2, 0) is 9.59 Å². The number of carbonyl (C=O) groups excluding carboxylic acids is 3. The SMILES string of the molecule is NC(=O)c1ccccc1OCC#CCNC(=O)[C@@H]1CC(=O)N(c2ccc(F)cc2)C1. The summed E-state index contributed by atoms with van der Waals surface area (Å²) >= 11 is 0. The van der Waals surface area contributed by atoms with E-state index in [1.54, 1.807) is 24.3 Å². The number of benzene rings is 2. The summed E-state index contributed by atoms with van der Waals surface area (Å²) in [5.41, 5.74) is 6.10. The first-order valence-corrected chi connectivity index (χ1v) is 9.26. The summed E-state index contributed by atoms with van der Waals surface area (Å²) in [6.45, 7) is 0.359. The number of hydrogen-bond acceptors (Lipinski definition) is 4. The van der Waals surface area contributed by atoms with Crippen molar-refractivity contribution in [1.82, 2.24) is 5.32 Å². The van der Waals surface area contributed by atoms with Crippen LogP contribution in [0.25, 0.3) is 0 Å². The number of primary amides is 1. The van der Waals surface area contributed by atoms with Crippen molar-refractivity contribution in [2.75, 3.05) is 24.6 Å². The number of nitrogens with two attached hydrogens (primary N) is 1. The molecule has 30 heavy (non-hydrogen) atoms. The summed E-state index contributed by atoms with van der Waals surface area (Å²) in [6, 6.07) is 12.1. The van der Waals surface area contributed by atoms with Gasteiger partial charge < -0.3 is 20.7 Å². The second-order valence-electron chi connectivity index (χ2n) is 6.60. The van der Waals surface area contributed by atoms with Crippen molar-refractivity contribution in [3.05, 3.63) is 59.9 Å².